The molecule has 0 atom stereocenters. The van der Waals surface area contributed by atoms with Gasteiger partial charge in [0.2, 0.25) is 0 Å². The summed E-state index contributed by atoms with van der Waals surface area (Å²) in [5.74, 6) is 0. The van der Waals surface area contributed by atoms with Crippen molar-refractivity contribution in [2.45, 2.75) is 0 Å². The monoisotopic (exact) mass is 704 g/mol. The van der Waals surface area contributed by atoms with Crippen molar-refractivity contribution >= 4 is 71.6 Å². The van der Waals surface area contributed by atoms with Crippen molar-refractivity contribution in [3.05, 3.63) is 194 Å². The largest absolute Gasteiger partial charge is 0.456 e. The molecule has 0 fully saturated rings. The van der Waals surface area contributed by atoms with Gasteiger partial charge in [-0.15, -0.1) is 10.2 Å². The number of anilines is 3. The Morgan fingerprint density at radius 3 is 1.84 bits per heavy atom. The standard InChI is InChI=1S/C50H32N4O/c1-3-11-33(12-4-1)36-13-9-17-40(29-36)53(42-26-28-48-45(32-42)43-19-7-8-20-47(43)55-48)41-18-10-14-37(30-41)38-24-22-34-21-23-35-25-27-46-50(49(35)44(34)31-38)52-54(51-46)39-15-5-2-6-16-39/h1-32H. The summed E-state index contributed by atoms with van der Waals surface area (Å²) in [6.07, 6.45) is 0. The minimum Gasteiger partial charge on any atom is -0.456 e. The minimum absolute atomic E-state index is 0.868. The predicted octanol–water partition coefficient (Wildman–Crippen LogP) is 13.4. The Labute approximate surface area is 316 Å². The molecule has 5 nitrogen and oxygen atoms in total. The quantitative estimate of drug-likeness (QED) is 0.162. The number of furan rings is 1. The fourth-order valence-corrected chi connectivity index (χ4v) is 7.95. The molecule has 0 aliphatic heterocycles. The van der Waals surface area contributed by atoms with Gasteiger partial charge in [-0.05, 0) is 111 Å². The zero-order valence-electron chi connectivity index (χ0n) is 29.7. The van der Waals surface area contributed by atoms with Gasteiger partial charge in [0.05, 0.1) is 5.69 Å². The van der Waals surface area contributed by atoms with Crippen molar-refractivity contribution in [3.8, 4) is 27.9 Å². The van der Waals surface area contributed by atoms with Gasteiger partial charge in [0.25, 0.3) is 0 Å². The lowest BCUT2D eigenvalue weighted by atomic mass is 9.96. The van der Waals surface area contributed by atoms with Crippen LogP contribution in [0.15, 0.2) is 199 Å². The molecule has 9 aromatic carbocycles. The normalized spacial score (nSPS) is 11.6. The first-order chi connectivity index (χ1) is 27.2. The Balaban J connectivity index is 1.08. The van der Waals surface area contributed by atoms with E-state index >= 15 is 0 Å². The fourth-order valence-electron chi connectivity index (χ4n) is 7.95. The number of rotatable bonds is 6. The molecular weight excluding hydrogens is 673 g/mol. The molecule has 2 heterocycles. The number of nitrogens with zero attached hydrogens (tertiary/aromatic N) is 4. The topological polar surface area (TPSA) is 47.1 Å². The van der Waals surface area contributed by atoms with Gasteiger partial charge >= 0.3 is 0 Å². The first-order valence-electron chi connectivity index (χ1n) is 18.5. The fraction of sp³-hybridized carbons (Fsp3) is 0. The zero-order valence-corrected chi connectivity index (χ0v) is 29.7. The smallest absolute Gasteiger partial charge is 0.135 e. The van der Waals surface area contributed by atoms with Crippen LogP contribution in [0.5, 0.6) is 0 Å². The molecule has 0 spiro atoms. The first-order valence-corrected chi connectivity index (χ1v) is 18.5. The molecule has 0 aliphatic carbocycles. The minimum atomic E-state index is 0.868. The zero-order chi connectivity index (χ0) is 36.3. The average molecular weight is 705 g/mol. The highest BCUT2D eigenvalue weighted by Crippen LogP contribution is 2.41. The van der Waals surface area contributed by atoms with E-state index in [0.29, 0.717) is 0 Å². The lowest BCUT2D eigenvalue weighted by Crippen LogP contribution is -2.10. The Bertz CT molecular complexity index is 3220. The maximum atomic E-state index is 6.24. The molecule has 0 amide bonds. The maximum Gasteiger partial charge on any atom is 0.135 e. The Morgan fingerprint density at radius 2 is 1.02 bits per heavy atom. The molecule has 11 rings (SSSR count). The van der Waals surface area contributed by atoms with Crippen LogP contribution in [0.3, 0.4) is 0 Å². The average Bonchev–Trinajstić information content (AvgIpc) is 3.86. The lowest BCUT2D eigenvalue weighted by molar-refractivity contribution is 0.669. The summed E-state index contributed by atoms with van der Waals surface area (Å²) in [4.78, 5) is 4.08. The van der Waals surface area contributed by atoms with Gasteiger partial charge in [0.1, 0.15) is 22.2 Å². The van der Waals surface area contributed by atoms with Crippen LogP contribution >= 0.6 is 0 Å². The van der Waals surface area contributed by atoms with Crippen LogP contribution < -0.4 is 4.90 Å². The third-order valence-electron chi connectivity index (χ3n) is 10.6. The van der Waals surface area contributed by atoms with E-state index in [1.807, 2.05) is 42.5 Å². The van der Waals surface area contributed by atoms with E-state index in [-0.39, 0.29) is 0 Å². The molecule has 0 radical (unpaired) electrons. The van der Waals surface area contributed by atoms with Crippen molar-refractivity contribution in [2.75, 3.05) is 4.90 Å². The molecule has 0 saturated carbocycles. The van der Waals surface area contributed by atoms with Crippen molar-refractivity contribution in [2.24, 2.45) is 0 Å². The molecule has 0 aliphatic rings. The Morgan fingerprint density at radius 1 is 0.400 bits per heavy atom. The summed E-state index contributed by atoms with van der Waals surface area (Å²) in [7, 11) is 0. The van der Waals surface area contributed by atoms with E-state index < -0.39 is 0 Å². The SMILES string of the molecule is c1ccc(-c2cccc(N(c3cccc(-c4ccc5ccc6ccc7nn(-c8ccccc8)nc7c6c5c4)c3)c3ccc4oc5ccccc5c4c3)c2)cc1. The second-order valence-electron chi connectivity index (χ2n) is 13.9. The van der Waals surface area contributed by atoms with Crippen LogP contribution in [0.4, 0.5) is 17.1 Å². The second-order valence-corrected chi connectivity index (χ2v) is 13.9. The molecule has 0 unspecified atom stereocenters. The molecule has 55 heavy (non-hydrogen) atoms. The highest BCUT2D eigenvalue weighted by atomic mass is 16.3. The molecule has 0 bridgehead atoms. The lowest BCUT2D eigenvalue weighted by Gasteiger charge is -2.26. The van der Waals surface area contributed by atoms with Gasteiger partial charge in [-0.25, -0.2) is 0 Å². The second kappa shape index (κ2) is 12.6. The number of hydrogen-bond donors (Lipinski definition) is 0. The summed E-state index contributed by atoms with van der Waals surface area (Å²) in [6.45, 7) is 0. The Hall–Kier alpha value is -7.50. The first kappa shape index (κ1) is 31.1. The molecule has 258 valence electrons. The van der Waals surface area contributed by atoms with Gasteiger partial charge < -0.3 is 9.32 Å². The van der Waals surface area contributed by atoms with Crippen molar-refractivity contribution in [3.63, 3.8) is 0 Å². The maximum absolute atomic E-state index is 6.24. The van der Waals surface area contributed by atoms with Gasteiger partial charge in [-0.1, -0.05) is 121 Å². The summed E-state index contributed by atoms with van der Waals surface area (Å²) in [5, 5.41) is 16.6. The van der Waals surface area contributed by atoms with E-state index in [4.69, 9.17) is 14.6 Å². The van der Waals surface area contributed by atoms with Gasteiger partial charge in [0.15, 0.2) is 0 Å². The number of benzene rings is 9. The van der Waals surface area contributed by atoms with Crippen LogP contribution in [-0.4, -0.2) is 15.0 Å². The van der Waals surface area contributed by atoms with Crippen LogP contribution in [0.1, 0.15) is 0 Å². The van der Waals surface area contributed by atoms with E-state index in [1.165, 1.54) is 5.56 Å². The number of fused-ring (bicyclic) bond motifs is 8. The van der Waals surface area contributed by atoms with E-state index in [0.717, 1.165) is 94.0 Å². The van der Waals surface area contributed by atoms with E-state index in [2.05, 4.69) is 157 Å². The molecule has 5 heteroatoms. The van der Waals surface area contributed by atoms with E-state index in [1.54, 1.807) is 4.80 Å². The summed E-state index contributed by atoms with van der Waals surface area (Å²) in [6, 6.07) is 68.3. The van der Waals surface area contributed by atoms with Crippen LogP contribution in [-0.2, 0) is 0 Å². The number of para-hydroxylation sites is 2. The number of hydrogen-bond acceptors (Lipinski definition) is 4. The van der Waals surface area contributed by atoms with Crippen molar-refractivity contribution in [1.29, 1.82) is 0 Å². The number of aromatic nitrogens is 3. The third kappa shape index (κ3) is 5.33. The highest BCUT2D eigenvalue weighted by molar-refractivity contribution is 6.19. The Kier molecular flexibility index (Phi) is 7.10. The van der Waals surface area contributed by atoms with Crippen LogP contribution in [0, 0.1) is 0 Å². The van der Waals surface area contributed by atoms with Gasteiger partial charge in [0, 0.05) is 33.2 Å². The highest BCUT2D eigenvalue weighted by Gasteiger charge is 2.18. The summed E-state index contributed by atoms with van der Waals surface area (Å²) in [5.41, 5.74) is 12.2. The van der Waals surface area contributed by atoms with Crippen LogP contribution in [0.2, 0.25) is 0 Å². The molecule has 2 aromatic heterocycles. The molecule has 11 aromatic rings. The predicted molar refractivity (Wildman–Crippen MR) is 227 cm³/mol. The van der Waals surface area contributed by atoms with Gasteiger partial charge in [-0.2, -0.15) is 4.80 Å². The summed E-state index contributed by atoms with van der Waals surface area (Å²) < 4.78 is 6.24. The molecule has 0 saturated heterocycles. The van der Waals surface area contributed by atoms with E-state index in [9.17, 15) is 0 Å². The van der Waals surface area contributed by atoms with Crippen molar-refractivity contribution < 1.29 is 4.42 Å². The van der Waals surface area contributed by atoms with Crippen molar-refractivity contribution in [1.82, 2.24) is 15.0 Å². The van der Waals surface area contributed by atoms with Gasteiger partial charge in [-0.3, -0.25) is 0 Å². The van der Waals surface area contributed by atoms with Crippen LogP contribution in [0.25, 0.3) is 82.5 Å². The molecular formula is C50H32N4O. The molecule has 0 N–H and O–H groups in total. The summed E-state index contributed by atoms with van der Waals surface area (Å²) >= 11 is 0. The third-order valence-corrected chi connectivity index (χ3v) is 10.6.